The Morgan fingerprint density at radius 1 is 1.12 bits per heavy atom. The third-order valence-corrected chi connectivity index (χ3v) is 6.74. The van der Waals surface area contributed by atoms with Crippen LogP contribution >= 0.6 is 28.1 Å². The average Bonchev–Trinajstić information content (AvgIpc) is 3.30. The van der Waals surface area contributed by atoms with Gasteiger partial charge in [0.05, 0.1) is 36.2 Å². The number of amides is 1. The molecule has 1 fully saturated rings. The van der Waals surface area contributed by atoms with Gasteiger partial charge in [0.15, 0.2) is 5.11 Å². The van der Waals surface area contributed by atoms with E-state index in [0.29, 0.717) is 37.0 Å². The molecule has 1 saturated heterocycles. The van der Waals surface area contributed by atoms with E-state index in [-0.39, 0.29) is 5.91 Å². The summed E-state index contributed by atoms with van der Waals surface area (Å²) in [6.07, 6.45) is 1.98. The van der Waals surface area contributed by atoms with Crippen LogP contribution in [0.1, 0.15) is 18.5 Å². The van der Waals surface area contributed by atoms with E-state index in [1.807, 2.05) is 77.3 Å². The molecule has 1 amide bonds. The van der Waals surface area contributed by atoms with E-state index in [4.69, 9.17) is 22.1 Å². The summed E-state index contributed by atoms with van der Waals surface area (Å²) in [6.45, 7) is 4.11. The van der Waals surface area contributed by atoms with E-state index >= 15 is 0 Å². The first-order valence-electron chi connectivity index (χ1n) is 11.1. The molecule has 0 aliphatic carbocycles. The Labute approximate surface area is 211 Å². The minimum absolute atomic E-state index is 0.0254. The molecule has 34 heavy (non-hydrogen) atoms. The molecule has 9 heteroatoms. The van der Waals surface area contributed by atoms with Gasteiger partial charge in [0.1, 0.15) is 0 Å². The molecule has 3 heterocycles. The van der Waals surface area contributed by atoms with Crippen LogP contribution < -0.4 is 10.6 Å². The van der Waals surface area contributed by atoms with Gasteiger partial charge in [-0.2, -0.15) is 5.10 Å². The first kappa shape index (κ1) is 22.8. The largest absolute Gasteiger partial charge is 0.378 e. The number of benzene rings is 2. The Balaban J connectivity index is 1.64. The van der Waals surface area contributed by atoms with Gasteiger partial charge in [0.2, 0.25) is 0 Å². The van der Waals surface area contributed by atoms with Crippen molar-refractivity contribution in [3.63, 3.8) is 0 Å². The normalized spacial score (nSPS) is 18.5. The van der Waals surface area contributed by atoms with Crippen molar-refractivity contribution in [3.05, 3.63) is 82.1 Å². The fourth-order valence-corrected chi connectivity index (χ4v) is 4.83. The molecule has 1 atom stereocenters. The van der Waals surface area contributed by atoms with Gasteiger partial charge in [-0.25, -0.2) is 4.68 Å². The van der Waals surface area contributed by atoms with Crippen LogP contribution in [0.2, 0.25) is 0 Å². The van der Waals surface area contributed by atoms with Crippen LogP contribution in [0, 0.1) is 0 Å². The van der Waals surface area contributed by atoms with E-state index < -0.39 is 6.04 Å². The number of nitrogens with zero attached hydrogens (tertiary/aromatic N) is 3. The number of para-hydroxylation sites is 1. The van der Waals surface area contributed by atoms with Crippen molar-refractivity contribution in [1.82, 2.24) is 25.3 Å². The third-order valence-electron chi connectivity index (χ3n) is 5.99. The molecule has 7 nitrogen and oxygen atoms in total. The molecular weight excluding hydrogens is 514 g/mol. The van der Waals surface area contributed by atoms with E-state index in [9.17, 15) is 4.79 Å². The Hall–Kier alpha value is -3.01. The molecule has 5 rings (SSSR count). The molecule has 0 radical (unpaired) electrons. The molecule has 0 bridgehead atoms. The molecule has 2 aliphatic heterocycles. The molecule has 2 N–H and O–H groups in total. The van der Waals surface area contributed by atoms with Gasteiger partial charge < -0.3 is 20.3 Å². The number of allylic oxidation sites excluding steroid dienone is 1. The van der Waals surface area contributed by atoms with E-state index in [1.54, 1.807) is 0 Å². The van der Waals surface area contributed by atoms with Crippen molar-refractivity contribution >= 4 is 39.2 Å². The summed E-state index contributed by atoms with van der Waals surface area (Å²) >= 11 is 9.01. The topological polar surface area (TPSA) is 71.4 Å². The second-order valence-electron chi connectivity index (χ2n) is 8.19. The molecular formula is C25H24BrN5O2S. The second-order valence-corrected chi connectivity index (χ2v) is 9.52. The van der Waals surface area contributed by atoms with Crippen LogP contribution in [-0.2, 0) is 9.53 Å². The summed E-state index contributed by atoms with van der Waals surface area (Å²) in [5, 5.41) is 11.9. The minimum Gasteiger partial charge on any atom is -0.378 e. The lowest BCUT2D eigenvalue weighted by Gasteiger charge is -2.34. The summed E-state index contributed by atoms with van der Waals surface area (Å²) < 4.78 is 8.29. The maximum absolute atomic E-state index is 13.7. The van der Waals surface area contributed by atoms with E-state index in [2.05, 4.69) is 26.6 Å². The van der Waals surface area contributed by atoms with Crippen molar-refractivity contribution in [2.24, 2.45) is 0 Å². The van der Waals surface area contributed by atoms with E-state index in [1.165, 1.54) is 0 Å². The maximum atomic E-state index is 13.7. The lowest BCUT2D eigenvalue weighted by molar-refractivity contribution is -0.131. The summed E-state index contributed by atoms with van der Waals surface area (Å²) in [5.41, 5.74) is 4.95. The van der Waals surface area contributed by atoms with Gasteiger partial charge in [-0.1, -0.05) is 46.3 Å². The summed E-state index contributed by atoms with van der Waals surface area (Å²) in [6, 6.07) is 17.5. The molecule has 0 saturated carbocycles. The predicted octanol–water partition coefficient (Wildman–Crippen LogP) is 3.95. The van der Waals surface area contributed by atoms with Gasteiger partial charge in [-0.05, 0) is 43.4 Å². The van der Waals surface area contributed by atoms with Crippen LogP contribution in [0.3, 0.4) is 0 Å². The van der Waals surface area contributed by atoms with Crippen LogP contribution in [-0.4, -0.2) is 52.0 Å². The Morgan fingerprint density at radius 3 is 2.53 bits per heavy atom. The SMILES string of the molecule is CC1=C(C(=O)N2CCOCC2)[C@H](c2cn(-c3ccccc3)nc2-c2ccc(Br)cc2)NC(=S)N1. The van der Waals surface area contributed by atoms with Crippen molar-refractivity contribution in [3.8, 4) is 16.9 Å². The molecule has 1 aromatic heterocycles. The molecule has 2 aromatic carbocycles. The Kier molecular flexibility index (Phi) is 6.49. The quantitative estimate of drug-likeness (QED) is 0.491. The number of hydrogen-bond donors (Lipinski definition) is 2. The summed E-state index contributed by atoms with van der Waals surface area (Å²) in [7, 11) is 0. The minimum atomic E-state index is -0.444. The second kappa shape index (κ2) is 9.69. The number of halogens is 1. The van der Waals surface area contributed by atoms with Crippen LogP contribution in [0.4, 0.5) is 0 Å². The van der Waals surface area contributed by atoms with Gasteiger partial charge in [-0.3, -0.25) is 4.79 Å². The molecule has 174 valence electrons. The van der Waals surface area contributed by atoms with Gasteiger partial charge >= 0.3 is 0 Å². The fraction of sp³-hybridized carbons (Fsp3) is 0.240. The Bertz CT molecular complexity index is 1250. The standard InChI is InChI=1S/C25H24BrN5O2S/c1-16-21(24(32)30-11-13-33-14-12-30)23(28-25(34)27-16)20-15-31(19-5-3-2-4-6-19)29-22(20)17-7-9-18(26)10-8-17/h2-10,15,23H,11-14H2,1H3,(H2,27,28,34)/t23-/m0/s1. The van der Waals surface area contributed by atoms with Crippen molar-refractivity contribution < 1.29 is 9.53 Å². The number of ether oxygens (including phenoxy) is 1. The predicted molar refractivity (Wildman–Crippen MR) is 138 cm³/mol. The smallest absolute Gasteiger partial charge is 0.254 e. The van der Waals surface area contributed by atoms with Gasteiger partial charge in [0.25, 0.3) is 5.91 Å². The molecule has 0 unspecified atom stereocenters. The number of hydrogen-bond acceptors (Lipinski definition) is 4. The van der Waals surface area contributed by atoms with Crippen LogP contribution in [0.15, 0.2) is 76.5 Å². The first-order valence-corrected chi connectivity index (χ1v) is 12.3. The zero-order valence-electron chi connectivity index (χ0n) is 18.6. The monoisotopic (exact) mass is 537 g/mol. The van der Waals surface area contributed by atoms with Crippen LogP contribution in [0.25, 0.3) is 16.9 Å². The zero-order chi connectivity index (χ0) is 23.7. The molecule has 2 aliphatic rings. The van der Waals surface area contributed by atoms with E-state index in [0.717, 1.165) is 32.7 Å². The fourth-order valence-electron chi connectivity index (χ4n) is 4.29. The third kappa shape index (κ3) is 4.51. The number of rotatable bonds is 4. The molecule has 3 aromatic rings. The lowest BCUT2D eigenvalue weighted by atomic mass is 9.93. The van der Waals surface area contributed by atoms with Crippen molar-refractivity contribution in [1.29, 1.82) is 0 Å². The number of aromatic nitrogens is 2. The maximum Gasteiger partial charge on any atom is 0.254 e. The number of nitrogens with one attached hydrogen (secondary N) is 2. The highest BCUT2D eigenvalue weighted by atomic mass is 79.9. The van der Waals surface area contributed by atoms with Crippen molar-refractivity contribution in [2.45, 2.75) is 13.0 Å². The summed E-state index contributed by atoms with van der Waals surface area (Å²) in [4.78, 5) is 15.5. The Morgan fingerprint density at radius 2 is 1.82 bits per heavy atom. The molecule has 0 spiro atoms. The van der Waals surface area contributed by atoms with Gasteiger partial charge in [0, 0.05) is 40.6 Å². The van der Waals surface area contributed by atoms with Crippen molar-refractivity contribution in [2.75, 3.05) is 26.3 Å². The number of carbonyl (C=O) groups is 1. The number of thiocarbonyl (C=S) groups is 1. The zero-order valence-corrected chi connectivity index (χ0v) is 21.0. The summed E-state index contributed by atoms with van der Waals surface area (Å²) in [5.74, 6) is -0.0254. The van der Waals surface area contributed by atoms with Crippen LogP contribution in [0.5, 0.6) is 0 Å². The highest BCUT2D eigenvalue weighted by molar-refractivity contribution is 9.10. The highest BCUT2D eigenvalue weighted by Gasteiger charge is 2.35. The highest BCUT2D eigenvalue weighted by Crippen LogP contribution is 2.35. The number of morpholine rings is 1. The number of carbonyl (C=O) groups excluding carboxylic acids is 1. The average molecular weight is 538 g/mol. The lowest BCUT2D eigenvalue weighted by Crippen LogP contribution is -2.49. The van der Waals surface area contributed by atoms with Gasteiger partial charge in [-0.15, -0.1) is 0 Å². The first-order chi connectivity index (χ1) is 16.5.